The van der Waals surface area contributed by atoms with Crippen LogP contribution in [0.1, 0.15) is 30.5 Å². The van der Waals surface area contributed by atoms with Crippen molar-refractivity contribution in [2.75, 3.05) is 7.11 Å². The highest BCUT2D eigenvalue weighted by atomic mass is 16.5. The van der Waals surface area contributed by atoms with Gasteiger partial charge in [0.05, 0.1) is 7.11 Å². The molecule has 0 amide bonds. The van der Waals surface area contributed by atoms with Gasteiger partial charge < -0.3 is 10.1 Å². The fourth-order valence-electron chi connectivity index (χ4n) is 2.47. The first-order valence-electron chi connectivity index (χ1n) is 7.66. The Bertz CT molecular complexity index is 548. The molecule has 0 saturated heterocycles. The summed E-state index contributed by atoms with van der Waals surface area (Å²) in [6.45, 7) is 5.24. The summed E-state index contributed by atoms with van der Waals surface area (Å²) in [6, 6.07) is 17.5. The minimum atomic E-state index is 0.433. The largest absolute Gasteiger partial charge is 0.496 e. The number of benzene rings is 2. The summed E-state index contributed by atoms with van der Waals surface area (Å²) in [4.78, 5) is 0. The van der Waals surface area contributed by atoms with Gasteiger partial charge in [0.1, 0.15) is 5.75 Å². The van der Waals surface area contributed by atoms with E-state index in [4.69, 9.17) is 4.74 Å². The lowest BCUT2D eigenvalue weighted by molar-refractivity contribution is 0.405. The summed E-state index contributed by atoms with van der Waals surface area (Å²) in [7, 11) is 1.72. The Balaban J connectivity index is 1.87. The molecular weight excluding hydrogens is 258 g/mol. The van der Waals surface area contributed by atoms with Crippen LogP contribution in [0.3, 0.4) is 0 Å². The lowest BCUT2D eigenvalue weighted by Gasteiger charge is -2.15. The first-order valence-corrected chi connectivity index (χ1v) is 7.66. The molecule has 0 heterocycles. The van der Waals surface area contributed by atoms with E-state index in [1.54, 1.807) is 7.11 Å². The van der Waals surface area contributed by atoms with Gasteiger partial charge in [0, 0.05) is 18.2 Å². The Morgan fingerprint density at radius 2 is 1.67 bits per heavy atom. The third-order valence-corrected chi connectivity index (χ3v) is 3.81. The number of rotatable bonds is 7. The molecule has 2 aromatic carbocycles. The van der Waals surface area contributed by atoms with E-state index in [2.05, 4.69) is 49.5 Å². The van der Waals surface area contributed by atoms with Gasteiger partial charge in [-0.05, 0) is 37.0 Å². The van der Waals surface area contributed by atoms with Crippen LogP contribution >= 0.6 is 0 Å². The Morgan fingerprint density at radius 1 is 1.00 bits per heavy atom. The van der Waals surface area contributed by atoms with Crippen molar-refractivity contribution < 1.29 is 4.74 Å². The topological polar surface area (TPSA) is 21.3 Å². The van der Waals surface area contributed by atoms with Crippen LogP contribution < -0.4 is 10.1 Å². The lowest BCUT2D eigenvalue weighted by atomic mass is 10.0. The average Bonchev–Trinajstić information content (AvgIpc) is 2.54. The summed E-state index contributed by atoms with van der Waals surface area (Å²) in [5, 5.41) is 3.57. The summed E-state index contributed by atoms with van der Waals surface area (Å²) < 4.78 is 5.38. The van der Waals surface area contributed by atoms with Crippen LogP contribution in [-0.4, -0.2) is 13.2 Å². The van der Waals surface area contributed by atoms with E-state index in [9.17, 15) is 0 Å². The Morgan fingerprint density at radius 3 is 2.33 bits per heavy atom. The van der Waals surface area contributed by atoms with Crippen molar-refractivity contribution in [2.24, 2.45) is 0 Å². The molecule has 2 heteroatoms. The molecule has 0 bridgehead atoms. The van der Waals surface area contributed by atoms with Crippen LogP contribution in [0.15, 0.2) is 48.5 Å². The average molecular weight is 283 g/mol. The normalized spacial score (nSPS) is 12.1. The molecule has 0 fully saturated rings. The second kappa shape index (κ2) is 7.84. The summed E-state index contributed by atoms with van der Waals surface area (Å²) in [5.41, 5.74) is 3.98. The van der Waals surface area contributed by atoms with Crippen molar-refractivity contribution in [3.05, 3.63) is 65.2 Å². The standard InChI is InChI=1S/C19H25NO/c1-4-16-9-11-17(12-10-16)13-15(2)20-14-18-7-5-6-8-19(18)21-3/h5-12,15,20H,4,13-14H2,1-3H3/t15-/m1/s1. The summed E-state index contributed by atoms with van der Waals surface area (Å²) in [6.07, 6.45) is 2.14. The van der Waals surface area contributed by atoms with Gasteiger partial charge in [-0.25, -0.2) is 0 Å². The van der Waals surface area contributed by atoms with Gasteiger partial charge in [-0.1, -0.05) is 49.4 Å². The SMILES string of the molecule is CCc1ccc(C[C@@H](C)NCc2ccccc2OC)cc1. The molecule has 0 aliphatic carbocycles. The second-order valence-corrected chi connectivity index (χ2v) is 5.47. The summed E-state index contributed by atoms with van der Waals surface area (Å²) in [5.74, 6) is 0.949. The van der Waals surface area contributed by atoms with Gasteiger partial charge in [-0.2, -0.15) is 0 Å². The van der Waals surface area contributed by atoms with Crippen LogP contribution in [0.2, 0.25) is 0 Å². The van der Waals surface area contributed by atoms with Crippen molar-refractivity contribution in [1.82, 2.24) is 5.32 Å². The highest BCUT2D eigenvalue weighted by Crippen LogP contribution is 2.17. The molecule has 112 valence electrons. The van der Waals surface area contributed by atoms with Crippen molar-refractivity contribution >= 4 is 0 Å². The van der Waals surface area contributed by atoms with E-state index in [-0.39, 0.29) is 0 Å². The maximum atomic E-state index is 5.38. The molecule has 2 rings (SSSR count). The predicted octanol–water partition coefficient (Wildman–Crippen LogP) is 3.98. The van der Waals surface area contributed by atoms with E-state index >= 15 is 0 Å². The minimum absolute atomic E-state index is 0.433. The van der Waals surface area contributed by atoms with Crippen LogP contribution in [0, 0.1) is 0 Å². The zero-order valence-electron chi connectivity index (χ0n) is 13.2. The maximum absolute atomic E-state index is 5.38. The van der Waals surface area contributed by atoms with Gasteiger partial charge in [-0.3, -0.25) is 0 Å². The van der Waals surface area contributed by atoms with Gasteiger partial charge in [0.25, 0.3) is 0 Å². The minimum Gasteiger partial charge on any atom is -0.496 e. The molecule has 0 saturated carbocycles. The number of hydrogen-bond donors (Lipinski definition) is 1. The van der Waals surface area contributed by atoms with Crippen molar-refractivity contribution in [3.8, 4) is 5.75 Å². The number of aryl methyl sites for hydroxylation is 1. The molecular formula is C19H25NO. The highest BCUT2D eigenvalue weighted by molar-refractivity contribution is 5.33. The third kappa shape index (κ3) is 4.61. The number of methoxy groups -OCH3 is 1. The Labute approximate surface area is 128 Å². The van der Waals surface area contributed by atoms with Gasteiger partial charge >= 0.3 is 0 Å². The smallest absolute Gasteiger partial charge is 0.123 e. The molecule has 0 radical (unpaired) electrons. The first-order chi connectivity index (χ1) is 10.2. The predicted molar refractivity (Wildman–Crippen MR) is 88.8 cm³/mol. The molecule has 0 spiro atoms. The quantitative estimate of drug-likeness (QED) is 0.830. The van der Waals surface area contributed by atoms with E-state index in [1.807, 2.05) is 18.2 Å². The monoisotopic (exact) mass is 283 g/mol. The molecule has 0 aromatic heterocycles. The van der Waals surface area contributed by atoms with E-state index in [1.165, 1.54) is 16.7 Å². The third-order valence-electron chi connectivity index (χ3n) is 3.81. The van der Waals surface area contributed by atoms with Gasteiger partial charge in [-0.15, -0.1) is 0 Å². The van der Waals surface area contributed by atoms with Crippen LogP contribution in [0.4, 0.5) is 0 Å². The number of ether oxygens (including phenoxy) is 1. The second-order valence-electron chi connectivity index (χ2n) is 5.47. The number of hydrogen-bond acceptors (Lipinski definition) is 2. The van der Waals surface area contributed by atoms with Gasteiger partial charge in [0.2, 0.25) is 0 Å². The number of para-hydroxylation sites is 1. The first kappa shape index (κ1) is 15.6. The van der Waals surface area contributed by atoms with Gasteiger partial charge in [0.15, 0.2) is 0 Å². The Hall–Kier alpha value is -1.80. The fraction of sp³-hybridized carbons (Fsp3) is 0.368. The molecule has 2 nitrogen and oxygen atoms in total. The zero-order valence-corrected chi connectivity index (χ0v) is 13.2. The van der Waals surface area contributed by atoms with Crippen LogP contribution in [0.25, 0.3) is 0 Å². The van der Waals surface area contributed by atoms with E-state index in [0.29, 0.717) is 6.04 Å². The molecule has 1 N–H and O–H groups in total. The molecule has 1 atom stereocenters. The molecule has 0 aliphatic rings. The lowest BCUT2D eigenvalue weighted by Crippen LogP contribution is -2.27. The fourth-order valence-corrected chi connectivity index (χ4v) is 2.47. The van der Waals surface area contributed by atoms with E-state index < -0.39 is 0 Å². The molecule has 21 heavy (non-hydrogen) atoms. The highest BCUT2D eigenvalue weighted by Gasteiger charge is 2.06. The number of nitrogens with one attached hydrogen (secondary N) is 1. The van der Waals surface area contributed by atoms with Crippen molar-refractivity contribution in [2.45, 2.75) is 39.3 Å². The molecule has 0 aliphatic heterocycles. The Kier molecular flexibility index (Phi) is 5.82. The zero-order chi connectivity index (χ0) is 15.1. The van der Waals surface area contributed by atoms with E-state index in [0.717, 1.165) is 25.1 Å². The molecule has 0 unspecified atom stereocenters. The van der Waals surface area contributed by atoms with Crippen LogP contribution in [-0.2, 0) is 19.4 Å². The van der Waals surface area contributed by atoms with Crippen LogP contribution in [0.5, 0.6) is 5.75 Å². The summed E-state index contributed by atoms with van der Waals surface area (Å²) >= 11 is 0. The van der Waals surface area contributed by atoms with Crippen molar-refractivity contribution in [3.63, 3.8) is 0 Å². The van der Waals surface area contributed by atoms with Crippen molar-refractivity contribution in [1.29, 1.82) is 0 Å². The maximum Gasteiger partial charge on any atom is 0.123 e. The molecule has 2 aromatic rings.